The van der Waals surface area contributed by atoms with Crippen LogP contribution in [0.5, 0.6) is 11.5 Å². The van der Waals surface area contributed by atoms with Crippen LogP contribution < -0.4 is 30.9 Å². The Morgan fingerprint density at radius 2 is 0.985 bits per heavy atom. The van der Waals surface area contributed by atoms with Gasteiger partial charge in [0.1, 0.15) is 70.3 Å². The summed E-state index contributed by atoms with van der Waals surface area (Å²) in [6, 6.07) is 27.4. The zero-order chi connectivity index (χ0) is 95.0. The average molecular weight is 1900 g/mol. The van der Waals surface area contributed by atoms with Gasteiger partial charge in [-0.1, -0.05) is 117 Å². The van der Waals surface area contributed by atoms with Crippen LogP contribution in [0.25, 0.3) is 56.0 Å². The Labute approximate surface area is 791 Å². The molecular formula is C100H127BBrN15O17. The van der Waals surface area contributed by atoms with E-state index in [0.29, 0.717) is 44.8 Å². The number of aryl methyl sites for hydroxylation is 4. The third-order valence-corrected chi connectivity index (χ3v) is 26.9. The lowest BCUT2D eigenvalue weighted by Crippen LogP contribution is -2.51. The number of rotatable bonds is 16. The number of carboxylic acids is 1. The number of amides is 7. The summed E-state index contributed by atoms with van der Waals surface area (Å²) in [4.78, 5) is 138. The molecule has 7 aliphatic heterocycles. The van der Waals surface area contributed by atoms with E-state index in [1.165, 1.54) is 38.0 Å². The molecule has 0 saturated carbocycles. The van der Waals surface area contributed by atoms with Gasteiger partial charge < -0.3 is 93.4 Å². The fourth-order valence-electron chi connectivity index (χ4n) is 19.0. The Morgan fingerprint density at radius 3 is 1.46 bits per heavy atom. The number of aliphatic carboxylic acids is 1. The van der Waals surface area contributed by atoms with Crippen LogP contribution in [-0.2, 0) is 86.3 Å². The highest BCUT2D eigenvalue weighted by molar-refractivity contribution is 9.10. The van der Waals surface area contributed by atoms with Crippen LogP contribution in [0.1, 0.15) is 255 Å². The maximum absolute atomic E-state index is 13.6. The summed E-state index contributed by atoms with van der Waals surface area (Å²) in [5.41, 5.74) is 17.7. The van der Waals surface area contributed by atoms with Gasteiger partial charge in [0, 0.05) is 66.2 Å². The summed E-state index contributed by atoms with van der Waals surface area (Å²) in [6.45, 7) is 31.6. The lowest BCUT2D eigenvalue weighted by molar-refractivity contribution is -0.139. The number of nitrogens with one attached hydrogen (secondary N) is 7. The highest BCUT2D eigenvalue weighted by Gasteiger charge is 2.52. The normalized spacial score (nSPS) is 19.1. The first-order valence-corrected chi connectivity index (χ1v) is 46.9. The first-order chi connectivity index (χ1) is 63.3. The molecule has 5 fully saturated rings. The molecule has 4 aromatic heterocycles. The molecule has 34 heteroatoms. The van der Waals surface area contributed by atoms with Gasteiger partial charge in [-0.2, -0.15) is 0 Å². The van der Waals surface area contributed by atoms with Crippen LogP contribution in [0.2, 0.25) is 0 Å². The Bertz CT molecular complexity index is 5830. The molecule has 1 unspecified atom stereocenters. The molecule has 9 aliphatic rings. The number of nitrogens with zero attached hydrogens (tertiary/aromatic N) is 8. The van der Waals surface area contributed by atoms with Crippen LogP contribution in [-0.4, -0.2) is 196 Å². The van der Waals surface area contributed by atoms with Crippen molar-refractivity contribution in [3.63, 3.8) is 0 Å². The number of hydrogen-bond acceptors (Lipinski definition) is 20. The van der Waals surface area contributed by atoms with E-state index in [-0.39, 0.29) is 83.9 Å². The van der Waals surface area contributed by atoms with Crippen LogP contribution in [0.4, 0.5) is 19.2 Å². The zero-order valence-corrected chi connectivity index (χ0v) is 80.5. The predicted molar refractivity (Wildman–Crippen MR) is 509 cm³/mol. The van der Waals surface area contributed by atoms with Gasteiger partial charge in [0.05, 0.1) is 86.2 Å². The summed E-state index contributed by atoms with van der Waals surface area (Å²) < 4.78 is 45.6. The van der Waals surface area contributed by atoms with Gasteiger partial charge in [-0.15, -0.1) is 0 Å². The zero-order valence-electron chi connectivity index (χ0n) is 79.0. The molecule has 0 spiro atoms. The summed E-state index contributed by atoms with van der Waals surface area (Å²) in [7, 11) is 3.37. The number of H-pyrrole nitrogens is 4. The molecule has 18 rings (SSSR count). The Kier molecular flexibility index (Phi) is 29.4. The number of aromatic nitrogens is 8. The number of hydrogen-bond donors (Lipinski definition) is 8. The van der Waals surface area contributed by atoms with Crippen LogP contribution in [0, 0.1) is 17.3 Å². The minimum Gasteiger partial charge on any atom is -0.488 e. The van der Waals surface area contributed by atoms with Crippen molar-refractivity contribution < 1.29 is 81.2 Å². The van der Waals surface area contributed by atoms with Crippen LogP contribution >= 0.6 is 15.9 Å². The second kappa shape index (κ2) is 40.3. The molecule has 32 nitrogen and oxygen atoms in total. The van der Waals surface area contributed by atoms with E-state index in [0.717, 1.165) is 201 Å². The number of carbonyl (C=O) groups excluding carboxylic acids is 7. The minimum absolute atomic E-state index is 0. The lowest BCUT2D eigenvalue weighted by Gasteiger charge is -2.32. The molecule has 0 radical (unpaired) electrons. The highest BCUT2D eigenvalue weighted by atomic mass is 79.9. The second-order valence-electron chi connectivity index (χ2n) is 39.4. The molecule has 714 valence electrons. The number of methoxy groups -OCH3 is 3. The summed E-state index contributed by atoms with van der Waals surface area (Å²) >= 11 is 3.34. The maximum atomic E-state index is 13.6. The standard InChI is InChI=1S/C42H51N7O5.C33H40BN3O5.C14H21BrN4O3.C10H11NO4.CH4/c1-23(2)36(47-41(52)53-6)40(51)49-16-8-9-32(49)38-43-21-31(45-38)25-11-13-27-26(17-25)22-54-34-19-28-24(18-29(27)34)12-14-30-37(28)46-39(44-30)33-10-7-15-48(33)35(50)20-42(3,4)5;1-31(2,3)40-30(38)37-14-8-9-26(37)29-35-25-13-10-19-16-24-22-12-11-21(34-41-32(4,5)33(6,7)42-34)15-20(22)18-39-27(24)17-23(19)28(25)36-29;1-8(2)11(18-14(21)22-3)13(20)19-6-4-5-9(19)12-16-7-10(15)17-12;1-15-10(14)11-8(9(12)13)7-5-3-2-4-6-7;/h11,13,17-19,21,23,32-33,36H,7-10,12,14-16,20,22H2,1-6H3,(H,43,45)(H,44,46)(H,47,52);11-12,15-17,26H,8-10,13-14,18H2,1-7H3,(H,35,36);7-9,11H,4-6H2,1-3H3,(H,16,17)(H,18,21);2-6,8H,1H3,(H,11,14)(H,12,13);1H4/t32-,33-,36-;26-;9-,11-;;/m000../s1. The van der Waals surface area contributed by atoms with Crippen molar-refractivity contribution in [2.45, 2.75) is 260 Å². The van der Waals surface area contributed by atoms with E-state index in [2.05, 4.69) is 175 Å². The van der Waals surface area contributed by atoms with Crippen LogP contribution in [0.3, 0.4) is 0 Å². The van der Waals surface area contributed by atoms with E-state index in [4.69, 9.17) is 48.3 Å². The monoisotopic (exact) mass is 1900 g/mol. The minimum atomic E-state index is -1.13. The van der Waals surface area contributed by atoms with Crippen molar-refractivity contribution in [1.82, 2.24) is 75.4 Å². The number of fused-ring (bicyclic) bond motifs is 12. The number of alkyl carbamates (subject to hydrolysis) is 3. The number of benzene rings is 5. The van der Waals surface area contributed by atoms with Crippen molar-refractivity contribution >= 4 is 76.6 Å². The van der Waals surface area contributed by atoms with E-state index >= 15 is 0 Å². The number of carboxylic acid groups (broad SMARTS) is 1. The molecule has 7 amide bonds. The number of aromatic amines is 4. The van der Waals surface area contributed by atoms with E-state index < -0.39 is 55.1 Å². The number of ether oxygens (including phenoxy) is 6. The van der Waals surface area contributed by atoms with E-state index in [9.17, 15) is 38.4 Å². The number of imidazole rings is 4. The topological polar surface area (TPSA) is 394 Å². The molecule has 134 heavy (non-hydrogen) atoms. The molecule has 9 aromatic rings. The van der Waals surface area contributed by atoms with E-state index in [1.54, 1.807) is 41.4 Å². The van der Waals surface area contributed by atoms with Gasteiger partial charge in [0.25, 0.3) is 0 Å². The molecule has 7 atom stereocenters. The van der Waals surface area contributed by atoms with Gasteiger partial charge in [-0.25, -0.2) is 43.9 Å². The Hall–Kier alpha value is -12.0. The molecule has 5 aromatic carbocycles. The van der Waals surface area contributed by atoms with Crippen molar-refractivity contribution in [1.29, 1.82) is 0 Å². The summed E-state index contributed by atoms with van der Waals surface area (Å²) in [5.74, 6) is 3.67. The average Bonchev–Trinajstić information content (AvgIpc) is 1.52. The van der Waals surface area contributed by atoms with Crippen molar-refractivity contribution in [2.24, 2.45) is 17.3 Å². The highest BCUT2D eigenvalue weighted by Crippen LogP contribution is 2.49. The fourth-order valence-corrected chi connectivity index (χ4v) is 19.3. The van der Waals surface area contributed by atoms with Crippen LogP contribution in [0.15, 0.2) is 108 Å². The molecule has 8 N–H and O–H groups in total. The van der Waals surface area contributed by atoms with Crippen molar-refractivity contribution in [3.05, 3.63) is 170 Å². The SMILES string of the molecule is C.CC(C)(C)OC(=O)N1CCC[C@H]1c1nc2c([nH]1)CCc1cc3c(cc1-2)OCc1cc(B2OC(C)(C)C(C)(C)O2)ccc1-3.COC(=O)NC(C(=O)O)c1ccccc1.COC(=O)N[C@H](C(=O)N1CCC[C@H]1c1ncc(-c2ccc3c(c2)COc2cc4c(cc2-3)CCc2[nH]c([C@@H]3CCCN3C(=O)CC(C)(C)C)nc2-4)[nH]1)C(C)C.COC(=O)N[C@H](C(=O)N1CCC[C@H]1c1ncc(Br)[nH]1)C(C)C. The van der Waals surface area contributed by atoms with Crippen molar-refractivity contribution in [2.75, 3.05) is 47.5 Å². The first kappa shape index (κ1) is 98.0. The number of likely N-dealkylation sites (tertiary alicyclic amines) is 4. The molecule has 5 saturated heterocycles. The van der Waals surface area contributed by atoms with Gasteiger partial charge in [-0.05, 0) is 239 Å². The smallest absolute Gasteiger partial charge is 0.488 e. The van der Waals surface area contributed by atoms with Gasteiger partial charge in [0.15, 0.2) is 6.04 Å². The second-order valence-corrected chi connectivity index (χ2v) is 40.2. The number of carbonyl (C=O) groups is 8. The lowest BCUT2D eigenvalue weighted by atomic mass is 9.76. The molecule has 11 heterocycles. The van der Waals surface area contributed by atoms with E-state index in [1.807, 2.05) is 69.4 Å². The predicted octanol–water partition coefficient (Wildman–Crippen LogP) is 17.4. The quantitative estimate of drug-likeness (QED) is 0.0329. The summed E-state index contributed by atoms with van der Waals surface area (Å²) in [6.07, 6.45) is 12.5. The molecular weight excluding hydrogens is 1770 g/mol. The number of halogens is 1. The molecule has 2 aliphatic carbocycles. The third kappa shape index (κ3) is 21.2. The van der Waals surface area contributed by atoms with Gasteiger partial charge >= 0.3 is 37.5 Å². The van der Waals surface area contributed by atoms with Crippen molar-refractivity contribution in [3.8, 4) is 67.5 Å². The fraction of sp³-hybridized carbons (Fsp3) is 0.500. The molecule has 0 bridgehead atoms. The Balaban J connectivity index is 0.000000158. The largest absolute Gasteiger partial charge is 0.494 e. The Morgan fingerprint density at radius 1 is 0.530 bits per heavy atom. The maximum Gasteiger partial charge on any atom is 0.494 e. The van der Waals surface area contributed by atoms with Gasteiger partial charge in [-0.3, -0.25) is 19.3 Å². The third-order valence-electron chi connectivity index (χ3n) is 26.5. The van der Waals surface area contributed by atoms with Gasteiger partial charge in [0.2, 0.25) is 17.7 Å². The first-order valence-electron chi connectivity index (χ1n) is 46.1. The summed E-state index contributed by atoms with van der Waals surface area (Å²) in [5, 5.41) is 16.5.